The maximum Gasteiger partial charge on any atom is 0.255 e. The van der Waals surface area contributed by atoms with E-state index in [1.807, 2.05) is 0 Å². The van der Waals surface area contributed by atoms with Gasteiger partial charge in [0, 0.05) is 0 Å². The van der Waals surface area contributed by atoms with Crippen LogP contribution in [-0.2, 0) is 0 Å². The smallest absolute Gasteiger partial charge is 0.255 e. The molecule has 0 aliphatic heterocycles. The number of methoxy groups -OCH3 is 1. The average molecular weight is 248 g/mol. The molecule has 2 N–H and O–H groups in total. The van der Waals surface area contributed by atoms with E-state index in [0.29, 0.717) is 4.47 Å². The maximum absolute atomic E-state index is 13.1. The lowest BCUT2D eigenvalue weighted by atomic mass is 10.2. The minimum atomic E-state index is -0.851. The van der Waals surface area contributed by atoms with Gasteiger partial charge >= 0.3 is 0 Å². The Balaban J connectivity index is 3.43. The molecule has 0 radical (unpaired) electrons. The predicted molar refractivity (Wildman–Crippen MR) is 49.2 cm³/mol. The van der Waals surface area contributed by atoms with Crippen LogP contribution in [0.3, 0.4) is 0 Å². The summed E-state index contributed by atoms with van der Waals surface area (Å²) in [5, 5.41) is 0. The van der Waals surface area contributed by atoms with E-state index in [1.165, 1.54) is 13.2 Å². The van der Waals surface area contributed by atoms with Crippen molar-refractivity contribution in [2.45, 2.75) is 0 Å². The van der Waals surface area contributed by atoms with Gasteiger partial charge in [0.15, 0.2) is 0 Å². The molecule has 0 aromatic heterocycles. The van der Waals surface area contributed by atoms with Crippen LogP contribution in [-0.4, -0.2) is 13.0 Å². The topological polar surface area (TPSA) is 52.3 Å². The Kier molecular flexibility index (Phi) is 2.87. The van der Waals surface area contributed by atoms with Crippen molar-refractivity contribution < 1.29 is 13.9 Å². The summed E-state index contributed by atoms with van der Waals surface area (Å²) in [6.07, 6.45) is 0. The van der Waals surface area contributed by atoms with Gasteiger partial charge in [0.1, 0.15) is 17.1 Å². The SMILES string of the molecule is COc1c(Br)ccc(F)c1C(N)=O. The van der Waals surface area contributed by atoms with Gasteiger partial charge in [-0.05, 0) is 28.1 Å². The number of amides is 1. The second-order valence-corrected chi connectivity index (χ2v) is 3.16. The Morgan fingerprint density at radius 3 is 2.62 bits per heavy atom. The normalized spacial score (nSPS) is 9.77. The lowest BCUT2D eigenvalue weighted by Crippen LogP contribution is -2.14. The molecule has 0 aliphatic rings. The second-order valence-electron chi connectivity index (χ2n) is 2.30. The summed E-state index contributed by atoms with van der Waals surface area (Å²) in [5.41, 5.74) is 4.74. The molecule has 0 saturated heterocycles. The van der Waals surface area contributed by atoms with Crippen LogP contribution < -0.4 is 10.5 Å². The van der Waals surface area contributed by atoms with Crippen molar-refractivity contribution in [3.05, 3.63) is 28.0 Å². The maximum atomic E-state index is 13.1. The van der Waals surface area contributed by atoms with Gasteiger partial charge in [-0.15, -0.1) is 0 Å². The van der Waals surface area contributed by atoms with Crippen molar-refractivity contribution in [2.24, 2.45) is 5.73 Å². The summed E-state index contributed by atoms with van der Waals surface area (Å²) in [6.45, 7) is 0. The van der Waals surface area contributed by atoms with Crippen LogP contribution in [0.1, 0.15) is 10.4 Å². The van der Waals surface area contributed by atoms with E-state index in [2.05, 4.69) is 15.9 Å². The number of ether oxygens (including phenoxy) is 1. The van der Waals surface area contributed by atoms with E-state index < -0.39 is 11.7 Å². The van der Waals surface area contributed by atoms with E-state index in [4.69, 9.17) is 10.5 Å². The molecule has 0 saturated carbocycles. The minimum Gasteiger partial charge on any atom is -0.495 e. The summed E-state index contributed by atoms with van der Waals surface area (Å²) in [7, 11) is 1.34. The van der Waals surface area contributed by atoms with E-state index in [1.54, 1.807) is 0 Å². The Morgan fingerprint density at radius 2 is 2.23 bits per heavy atom. The van der Waals surface area contributed by atoms with Crippen LogP contribution in [0.15, 0.2) is 16.6 Å². The van der Waals surface area contributed by atoms with Crippen molar-refractivity contribution in [3.63, 3.8) is 0 Å². The van der Waals surface area contributed by atoms with Crippen LogP contribution in [0.2, 0.25) is 0 Å². The number of primary amides is 1. The van der Waals surface area contributed by atoms with Crippen LogP contribution in [0.5, 0.6) is 5.75 Å². The van der Waals surface area contributed by atoms with Crippen LogP contribution >= 0.6 is 15.9 Å². The number of rotatable bonds is 2. The molecule has 0 spiro atoms. The van der Waals surface area contributed by atoms with Gasteiger partial charge in [0.25, 0.3) is 5.91 Å². The molecule has 0 atom stereocenters. The standard InChI is InChI=1S/C8H7BrFNO2/c1-13-7-4(9)2-3-5(10)6(7)8(11)12/h2-3H,1H3,(H2,11,12). The number of benzene rings is 1. The van der Waals surface area contributed by atoms with Crippen molar-refractivity contribution in [3.8, 4) is 5.75 Å². The third-order valence-electron chi connectivity index (χ3n) is 1.51. The number of carbonyl (C=O) groups is 1. The molecule has 5 heteroatoms. The molecule has 3 nitrogen and oxygen atoms in total. The summed E-state index contributed by atoms with van der Waals surface area (Å²) < 4.78 is 18.4. The fourth-order valence-corrected chi connectivity index (χ4v) is 1.45. The molecular formula is C8H7BrFNO2. The van der Waals surface area contributed by atoms with E-state index in [-0.39, 0.29) is 11.3 Å². The van der Waals surface area contributed by atoms with Crippen molar-refractivity contribution in [2.75, 3.05) is 7.11 Å². The van der Waals surface area contributed by atoms with E-state index in [0.717, 1.165) is 6.07 Å². The molecule has 0 bridgehead atoms. The molecule has 1 aromatic carbocycles. The Morgan fingerprint density at radius 1 is 1.62 bits per heavy atom. The molecule has 13 heavy (non-hydrogen) atoms. The van der Waals surface area contributed by atoms with Gasteiger partial charge < -0.3 is 10.5 Å². The third-order valence-corrected chi connectivity index (χ3v) is 2.13. The summed E-state index contributed by atoms with van der Waals surface area (Å²) >= 11 is 3.11. The monoisotopic (exact) mass is 247 g/mol. The quantitative estimate of drug-likeness (QED) is 0.865. The molecule has 0 fully saturated rings. The van der Waals surface area contributed by atoms with Gasteiger partial charge in [0.05, 0.1) is 11.6 Å². The number of hydrogen-bond acceptors (Lipinski definition) is 2. The molecule has 0 unspecified atom stereocenters. The zero-order valence-corrected chi connectivity index (χ0v) is 8.39. The molecular weight excluding hydrogens is 241 g/mol. The van der Waals surface area contributed by atoms with Crippen LogP contribution in [0, 0.1) is 5.82 Å². The lowest BCUT2D eigenvalue weighted by molar-refractivity contribution is 0.0993. The predicted octanol–water partition coefficient (Wildman–Crippen LogP) is 1.70. The molecule has 70 valence electrons. The largest absolute Gasteiger partial charge is 0.495 e. The Bertz CT molecular complexity index is 354. The fraction of sp³-hybridized carbons (Fsp3) is 0.125. The number of halogens is 2. The number of hydrogen-bond donors (Lipinski definition) is 1. The van der Waals surface area contributed by atoms with Gasteiger partial charge in [-0.1, -0.05) is 0 Å². The summed E-state index contributed by atoms with van der Waals surface area (Å²) in [6, 6.07) is 2.59. The third kappa shape index (κ3) is 1.80. The highest BCUT2D eigenvalue weighted by Crippen LogP contribution is 2.30. The van der Waals surface area contributed by atoms with Gasteiger partial charge in [-0.25, -0.2) is 4.39 Å². The van der Waals surface area contributed by atoms with Gasteiger partial charge in [-0.3, -0.25) is 4.79 Å². The molecule has 0 aliphatic carbocycles. The highest BCUT2D eigenvalue weighted by Gasteiger charge is 2.17. The first-order chi connectivity index (χ1) is 6.07. The fourth-order valence-electron chi connectivity index (χ4n) is 0.962. The zero-order chi connectivity index (χ0) is 10.0. The number of carbonyl (C=O) groups excluding carboxylic acids is 1. The van der Waals surface area contributed by atoms with Gasteiger partial charge in [0.2, 0.25) is 0 Å². The first-order valence-electron chi connectivity index (χ1n) is 3.39. The Labute approximate surface area is 82.8 Å². The molecule has 1 rings (SSSR count). The lowest BCUT2D eigenvalue weighted by Gasteiger charge is -2.07. The Hall–Kier alpha value is -1.10. The van der Waals surface area contributed by atoms with E-state index >= 15 is 0 Å². The first-order valence-corrected chi connectivity index (χ1v) is 4.19. The first kappa shape index (κ1) is 9.98. The van der Waals surface area contributed by atoms with Crippen molar-refractivity contribution >= 4 is 21.8 Å². The van der Waals surface area contributed by atoms with E-state index in [9.17, 15) is 9.18 Å². The highest BCUT2D eigenvalue weighted by molar-refractivity contribution is 9.10. The van der Waals surface area contributed by atoms with Crippen LogP contribution in [0.25, 0.3) is 0 Å². The zero-order valence-electron chi connectivity index (χ0n) is 6.80. The average Bonchev–Trinajstić information content (AvgIpc) is 2.07. The second kappa shape index (κ2) is 3.74. The number of nitrogens with two attached hydrogens (primary N) is 1. The highest BCUT2D eigenvalue weighted by atomic mass is 79.9. The van der Waals surface area contributed by atoms with Crippen molar-refractivity contribution in [1.82, 2.24) is 0 Å². The van der Waals surface area contributed by atoms with Gasteiger partial charge in [-0.2, -0.15) is 0 Å². The van der Waals surface area contributed by atoms with Crippen molar-refractivity contribution in [1.29, 1.82) is 0 Å². The summed E-state index contributed by atoms with van der Waals surface area (Å²) in [4.78, 5) is 10.8. The molecule has 1 amide bonds. The molecule has 0 heterocycles. The minimum absolute atomic E-state index is 0.118. The summed E-state index contributed by atoms with van der Waals surface area (Å²) in [5.74, 6) is -1.42. The molecule has 1 aromatic rings. The van der Waals surface area contributed by atoms with Crippen LogP contribution in [0.4, 0.5) is 4.39 Å².